The van der Waals surface area contributed by atoms with Crippen LogP contribution in [0.5, 0.6) is 5.75 Å². The number of hydrogen-bond donors (Lipinski definition) is 2. The first-order valence-electron chi connectivity index (χ1n) is 5.92. The maximum atomic E-state index is 12.5. The molecule has 0 bridgehead atoms. The second-order valence-corrected chi connectivity index (χ2v) is 4.44. The molecule has 0 atom stereocenters. The smallest absolute Gasteiger partial charge is 0.223 e. The molecule has 0 radical (unpaired) electrons. The number of nitrogens with two attached hydrogens (primary N) is 2. The Morgan fingerprint density at radius 1 is 1.25 bits per heavy atom. The maximum Gasteiger partial charge on any atom is 0.223 e. The molecular formula is C13H13N5O2. The zero-order valence-corrected chi connectivity index (χ0v) is 11.0. The highest BCUT2D eigenvalue weighted by molar-refractivity contribution is 5.97. The van der Waals surface area contributed by atoms with Crippen LogP contribution in [-0.2, 0) is 7.05 Å². The molecular weight excluding hydrogens is 258 g/mol. The van der Waals surface area contributed by atoms with Crippen LogP contribution in [0.1, 0.15) is 0 Å². The molecule has 0 unspecified atom stereocenters. The number of aryl methyl sites for hydroxylation is 1. The lowest BCUT2D eigenvalue weighted by molar-refractivity contribution is 0.415. The summed E-state index contributed by atoms with van der Waals surface area (Å²) in [6.07, 6.45) is 0. The van der Waals surface area contributed by atoms with Crippen molar-refractivity contribution in [2.45, 2.75) is 0 Å². The molecule has 0 amide bonds. The third-order valence-corrected chi connectivity index (χ3v) is 3.29. The van der Waals surface area contributed by atoms with E-state index in [1.165, 1.54) is 0 Å². The highest BCUT2D eigenvalue weighted by Crippen LogP contribution is 2.23. The Bertz CT molecular complexity index is 901. The number of anilines is 2. The summed E-state index contributed by atoms with van der Waals surface area (Å²) in [7, 11) is 3.36. The molecule has 7 heteroatoms. The van der Waals surface area contributed by atoms with Crippen LogP contribution in [0.4, 0.5) is 11.8 Å². The average Bonchev–Trinajstić information content (AvgIpc) is 2.43. The van der Waals surface area contributed by atoms with Crippen molar-refractivity contribution < 1.29 is 4.74 Å². The van der Waals surface area contributed by atoms with Gasteiger partial charge in [-0.2, -0.15) is 9.97 Å². The lowest BCUT2D eigenvalue weighted by atomic mass is 10.1. The van der Waals surface area contributed by atoms with Gasteiger partial charge in [0.25, 0.3) is 0 Å². The third kappa shape index (κ3) is 1.56. The number of fused-ring (bicyclic) bond motifs is 2. The fraction of sp³-hybridized carbons (Fsp3) is 0.154. The molecule has 3 aromatic rings. The summed E-state index contributed by atoms with van der Waals surface area (Å²) in [6, 6.07) is 5.19. The molecule has 0 saturated heterocycles. The van der Waals surface area contributed by atoms with E-state index in [2.05, 4.69) is 9.97 Å². The van der Waals surface area contributed by atoms with E-state index in [4.69, 9.17) is 16.2 Å². The summed E-state index contributed by atoms with van der Waals surface area (Å²) >= 11 is 0. The van der Waals surface area contributed by atoms with E-state index in [1.54, 1.807) is 36.9 Å². The van der Waals surface area contributed by atoms with Crippen LogP contribution >= 0.6 is 0 Å². The van der Waals surface area contributed by atoms with Crippen molar-refractivity contribution >= 4 is 33.7 Å². The van der Waals surface area contributed by atoms with Gasteiger partial charge in [-0.3, -0.25) is 4.79 Å². The monoisotopic (exact) mass is 271 g/mol. The molecule has 0 aliphatic carbocycles. The lowest BCUT2D eigenvalue weighted by Gasteiger charge is -2.11. The molecule has 4 N–H and O–H groups in total. The highest BCUT2D eigenvalue weighted by atomic mass is 16.5. The van der Waals surface area contributed by atoms with Crippen molar-refractivity contribution in [1.29, 1.82) is 0 Å². The van der Waals surface area contributed by atoms with Gasteiger partial charge in [-0.1, -0.05) is 0 Å². The summed E-state index contributed by atoms with van der Waals surface area (Å²) in [6.45, 7) is 0. The fourth-order valence-electron chi connectivity index (χ4n) is 2.30. The minimum atomic E-state index is -0.215. The molecule has 2 aromatic heterocycles. The highest BCUT2D eigenvalue weighted by Gasteiger charge is 2.14. The van der Waals surface area contributed by atoms with Gasteiger partial charge >= 0.3 is 0 Å². The Kier molecular flexibility index (Phi) is 2.50. The van der Waals surface area contributed by atoms with Gasteiger partial charge in [0.15, 0.2) is 5.65 Å². The number of hydrogen-bond acceptors (Lipinski definition) is 6. The fourth-order valence-corrected chi connectivity index (χ4v) is 2.30. The van der Waals surface area contributed by atoms with E-state index in [9.17, 15) is 4.79 Å². The quantitative estimate of drug-likeness (QED) is 0.629. The number of rotatable bonds is 1. The predicted molar refractivity (Wildman–Crippen MR) is 77.7 cm³/mol. The topological polar surface area (TPSA) is 109 Å². The Morgan fingerprint density at radius 3 is 2.70 bits per heavy atom. The molecule has 0 spiro atoms. The second-order valence-electron chi connectivity index (χ2n) is 4.44. The van der Waals surface area contributed by atoms with Gasteiger partial charge in [-0.25, -0.2) is 0 Å². The van der Waals surface area contributed by atoms with Crippen LogP contribution in [0.15, 0.2) is 23.0 Å². The van der Waals surface area contributed by atoms with Gasteiger partial charge < -0.3 is 20.8 Å². The number of aromatic nitrogens is 3. The maximum absolute atomic E-state index is 12.5. The molecule has 1 aromatic carbocycles. The van der Waals surface area contributed by atoms with Gasteiger partial charge in [0, 0.05) is 18.5 Å². The first-order chi connectivity index (χ1) is 9.52. The SMILES string of the molecule is COc1ccc2c(=O)c3c(N)nc(N)nc3n(C)c2c1. The van der Waals surface area contributed by atoms with Crippen molar-refractivity contribution in [2.24, 2.45) is 7.05 Å². The lowest BCUT2D eigenvalue weighted by Crippen LogP contribution is -2.14. The second kappa shape index (κ2) is 4.09. The summed E-state index contributed by atoms with van der Waals surface area (Å²) in [5.74, 6) is 0.778. The zero-order valence-electron chi connectivity index (χ0n) is 11.0. The Hall–Kier alpha value is -2.83. The number of nitrogens with zero attached hydrogens (tertiary/aromatic N) is 3. The molecule has 102 valence electrons. The van der Waals surface area contributed by atoms with E-state index < -0.39 is 0 Å². The minimum Gasteiger partial charge on any atom is -0.497 e. The summed E-state index contributed by atoms with van der Waals surface area (Å²) in [4.78, 5) is 20.5. The van der Waals surface area contributed by atoms with Gasteiger partial charge in [-0.05, 0) is 12.1 Å². The van der Waals surface area contributed by atoms with Crippen molar-refractivity contribution in [3.05, 3.63) is 28.4 Å². The molecule has 0 fully saturated rings. The zero-order chi connectivity index (χ0) is 14.4. The van der Waals surface area contributed by atoms with E-state index in [0.717, 1.165) is 0 Å². The Labute approximate surface area is 113 Å². The van der Waals surface area contributed by atoms with Crippen LogP contribution in [0.3, 0.4) is 0 Å². The first kappa shape index (κ1) is 12.2. The molecule has 0 saturated carbocycles. The third-order valence-electron chi connectivity index (χ3n) is 3.29. The predicted octanol–water partition coefficient (Wildman–Crippen LogP) is 0.655. The molecule has 3 rings (SSSR count). The van der Waals surface area contributed by atoms with E-state index in [-0.39, 0.29) is 22.6 Å². The molecule has 2 heterocycles. The van der Waals surface area contributed by atoms with Crippen molar-refractivity contribution in [1.82, 2.24) is 14.5 Å². The molecule has 0 aliphatic rings. The minimum absolute atomic E-state index is 0.0345. The molecule has 0 aliphatic heterocycles. The van der Waals surface area contributed by atoms with Gasteiger partial charge in [0.05, 0.1) is 12.6 Å². The number of benzene rings is 1. The summed E-state index contributed by atoms with van der Waals surface area (Å²) < 4.78 is 6.93. The number of methoxy groups -OCH3 is 1. The molecule has 7 nitrogen and oxygen atoms in total. The first-order valence-corrected chi connectivity index (χ1v) is 5.92. The molecule has 20 heavy (non-hydrogen) atoms. The normalized spacial score (nSPS) is 11.1. The van der Waals surface area contributed by atoms with Gasteiger partial charge in [-0.15, -0.1) is 0 Å². The van der Waals surface area contributed by atoms with Crippen LogP contribution in [-0.4, -0.2) is 21.6 Å². The Balaban J connectivity index is 2.61. The van der Waals surface area contributed by atoms with Crippen LogP contribution in [0, 0.1) is 0 Å². The largest absolute Gasteiger partial charge is 0.497 e. The Morgan fingerprint density at radius 2 is 2.00 bits per heavy atom. The number of nitrogen functional groups attached to an aromatic ring is 2. The number of ether oxygens (including phenoxy) is 1. The van der Waals surface area contributed by atoms with E-state index in [1.807, 2.05) is 0 Å². The van der Waals surface area contributed by atoms with E-state index >= 15 is 0 Å². The van der Waals surface area contributed by atoms with Crippen molar-refractivity contribution in [3.8, 4) is 5.75 Å². The number of pyridine rings is 1. The van der Waals surface area contributed by atoms with Crippen molar-refractivity contribution in [2.75, 3.05) is 18.6 Å². The standard InChI is InChI=1S/C13H13N5O2/c1-18-8-5-6(20-2)3-4-7(8)10(19)9-11(14)16-13(15)17-12(9)18/h3-5H,1-2H3,(H4,14,15,16,17). The van der Waals surface area contributed by atoms with Crippen LogP contribution in [0.25, 0.3) is 21.9 Å². The van der Waals surface area contributed by atoms with Gasteiger partial charge in [0.2, 0.25) is 11.4 Å². The van der Waals surface area contributed by atoms with Crippen LogP contribution < -0.4 is 21.6 Å². The average molecular weight is 271 g/mol. The van der Waals surface area contributed by atoms with Crippen LogP contribution in [0.2, 0.25) is 0 Å². The van der Waals surface area contributed by atoms with Gasteiger partial charge in [0.1, 0.15) is 17.0 Å². The summed E-state index contributed by atoms with van der Waals surface area (Å²) in [5, 5.41) is 0.806. The van der Waals surface area contributed by atoms with Crippen molar-refractivity contribution in [3.63, 3.8) is 0 Å². The summed E-state index contributed by atoms with van der Waals surface area (Å²) in [5.41, 5.74) is 12.3. The van der Waals surface area contributed by atoms with E-state index in [0.29, 0.717) is 22.3 Å².